The number of hydrogen-bond donors (Lipinski definition) is 2. The van der Waals surface area contributed by atoms with Gasteiger partial charge in [0, 0.05) is 25.5 Å². The van der Waals surface area contributed by atoms with Gasteiger partial charge in [-0.3, -0.25) is 0 Å². The number of hydrogen-bond acceptors (Lipinski definition) is 5. The topological polar surface area (TPSA) is 84.2 Å². The zero-order valence-electron chi connectivity index (χ0n) is 11.1. The van der Waals surface area contributed by atoms with Crippen molar-refractivity contribution in [2.45, 2.75) is 31.4 Å². The van der Waals surface area contributed by atoms with Crippen LogP contribution in [0.15, 0.2) is 29.0 Å². The fourth-order valence-electron chi connectivity index (χ4n) is 1.92. The molecule has 2 N–H and O–H groups in total. The van der Waals surface area contributed by atoms with Gasteiger partial charge in [-0.05, 0) is 24.3 Å². The summed E-state index contributed by atoms with van der Waals surface area (Å²) in [5, 5.41) is 10.9. The van der Waals surface area contributed by atoms with Crippen molar-refractivity contribution in [2.24, 2.45) is 0 Å². The van der Waals surface area contributed by atoms with Crippen LogP contribution in [0.1, 0.15) is 16.9 Å². The Morgan fingerprint density at radius 3 is 2.95 bits per heavy atom. The van der Waals surface area contributed by atoms with Gasteiger partial charge in [-0.15, -0.1) is 11.3 Å². The van der Waals surface area contributed by atoms with E-state index >= 15 is 0 Å². The van der Waals surface area contributed by atoms with Crippen LogP contribution in [0.4, 0.5) is 0 Å². The van der Waals surface area contributed by atoms with Gasteiger partial charge < -0.3 is 9.67 Å². The molecule has 8 heteroatoms. The largest absolute Gasteiger partial charge is 0.391 e. The van der Waals surface area contributed by atoms with E-state index in [1.54, 1.807) is 24.8 Å². The minimum Gasteiger partial charge on any atom is -0.391 e. The van der Waals surface area contributed by atoms with Crippen molar-refractivity contribution in [2.75, 3.05) is 6.54 Å². The lowest BCUT2D eigenvalue weighted by Crippen LogP contribution is -2.26. The van der Waals surface area contributed by atoms with Gasteiger partial charge in [-0.2, -0.15) is 0 Å². The van der Waals surface area contributed by atoms with E-state index in [0.29, 0.717) is 30.0 Å². The number of aliphatic hydroxyl groups is 1. The molecule has 0 radical (unpaired) electrons. The van der Waals surface area contributed by atoms with Crippen LogP contribution < -0.4 is 4.72 Å². The van der Waals surface area contributed by atoms with Gasteiger partial charge in [-0.25, -0.2) is 18.1 Å². The van der Waals surface area contributed by atoms with Crippen LogP contribution in [-0.4, -0.2) is 29.6 Å². The van der Waals surface area contributed by atoms with Crippen LogP contribution in [0.25, 0.3) is 0 Å². The molecule has 0 amide bonds. The monoisotopic (exact) mass is 315 g/mol. The minimum atomic E-state index is -3.56. The Morgan fingerprint density at radius 1 is 1.50 bits per heavy atom. The average molecular weight is 315 g/mol. The number of aliphatic hydroxyl groups excluding tert-OH is 1. The van der Waals surface area contributed by atoms with Gasteiger partial charge in [0.2, 0.25) is 10.0 Å². The lowest BCUT2D eigenvalue weighted by atomic mass is 10.3. The Labute approximate surface area is 122 Å². The molecule has 0 saturated heterocycles. The Kier molecular flexibility index (Phi) is 4.92. The molecule has 0 unspecified atom stereocenters. The normalized spacial score (nSPS) is 11.9. The second kappa shape index (κ2) is 6.49. The summed E-state index contributed by atoms with van der Waals surface area (Å²) in [4.78, 5) is 4.61. The van der Waals surface area contributed by atoms with Crippen LogP contribution in [0, 0.1) is 6.92 Å². The van der Waals surface area contributed by atoms with Crippen molar-refractivity contribution < 1.29 is 13.5 Å². The van der Waals surface area contributed by atoms with E-state index in [2.05, 4.69) is 9.71 Å². The smallest absolute Gasteiger partial charge is 0.242 e. The molecular weight excluding hydrogens is 298 g/mol. The summed E-state index contributed by atoms with van der Waals surface area (Å²) in [6.07, 6.45) is 5.89. The van der Waals surface area contributed by atoms with E-state index in [1.807, 2.05) is 10.8 Å². The molecular formula is C12H17N3O3S2. The number of aryl methyl sites for hydroxylation is 2. The maximum absolute atomic E-state index is 12.2. The highest BCUT2D eigenvalue weighted by Crippen LogP contribution is 2.26. The van der Waals surface area contributed by atoms with E-state index in [9.17, 15) is 13.5 Å². The molecule has 2 heterocycles. The predicted molar refractivity (Wildman–Crippen MR) is 77.0 cm³/mol. The zero-order chi connectivity index (χ0) is 14.6. The number of imidazole rings is 1. The summed E-state index contributed by atoms with van der Waals surface area (Å²) in [6, 6.07) is 0. The molecule has 0 fully saturated rings. The molecule has 0 aliphatic carbocycles. The maximum Gasteiger partial charge on any atom is 0.242 e. The van der Waals surface area contributed by atoms with Crippen LogP contribution >= 0.6 is 11.3 Å². The first-order chi connectivity index (χ1) is 9.54. The van der Waals surface area contributed by atoms with Crippen LogP contribution in [-0.2, 0) is 23.2 Å². The third-order valence-corrected chi connectivity index (χ3v) is 5.75. The molecule has 2 rings (SSSR count). The average Bonchev–Trinajstić information content (AvgIpc) is 3.03. The van der Waals surface area contributed by atoms with E-state index in [-0.39, 0.29) is 11.5 Å². The first-order valence-electron chi connectivity index (χ1n) is 6.18. The molecule has 0 aliphatic heterocycles. The highest BCUT2D eigenvalue weighted by molar-refractivity contribution is 7.89. The van der Waals surface area contributed by atoms with E-state index in [4.69, 9.17) is 0 Å². The molecule has 110 valence electrons. The minimum absolute atomic E-state index is 0.215. The third-order valence-electron chi connectivity index (χ3n) is 2.85. The number of rotatable bonds is 7. The number of nitrogens with one attached hydrogen (secondary N) is 1. The molecule has 0 spiro atoms. The number of sulfonamides is 1. The fourth-order valence-corrected chi connectivity index (χ4v) is 4.65. The highest BCUT2D eigenvalue weighted by Gasteiger charge is 2.21. The highest BCUT2D eigenvalue weighted by atomic mass is 32.2. The quantitative estimate of drug-likeness (QED) is 0.750. The van der Waals surface area contributed by atoms with Gasteiger partial charge in [0.25, 0.3) is 0 Å². The predicted octanol–water partition coefficient (Wildman–Crippen LogP) is 1.11. The van der Waals surface area contributed by atoms with Crippen molar-refractivity contribution >= 4 is 21.4 Å². The van der Waals surface area contributed by atoms with Crippen molar-refractivity contribution in [3.8, 4) is 0 Å². The molecule has 0 aromatic carbocycles. The third kappa shape index (κ3) is 3.45. The van der Waals surface area contributed by atoms with Crippen molar-refractivity contribution in [3.63, 3.8) is 0 Å². The Morgan fingerprint density at radius 2 is 2.30 bits per heavy atom. The van der Waals surface area contributed by atoms with Crippen LogP contribution in [0.5, 0.6) is 0 Å². The van der Waals surface area contributed by atoms with Gasteiger partial charge >= 0.3 is 0 Å². The SMILES string of the molecule is Cc1csc(CO)c1S(=O)(=O)NCCCn1ccnc1. The van der Waals surface area contributed by atoms with Gasteiger partial charge in [0.1, 0.15) is 4.90 Å². The first kappa shape index (κ1) is 15.2. The van der Waals surface area contributed by atoms with Gasteiger partial charge in [-0.1, -0.05) is 0 Å². The number of aromatic nitrogens is 2. The summed E-state index contributed by atoms with van der Waals surface area (Å²) in [5.41, 5.74) is 0.668. The molecule has 0 atom stereocenters. The first-order valence-corrected chi connectivity index (χ1v) is 8.54. The number of thiophene rings is 1. The summed E-state index contributed by atoms with van der Waals surface area (Å²) in [7, 11) is -3.56. The number of nitrogens with zero attached hydrogens (tertiary/aromatic N) is 2. The Hall–Kier alpha value is -1.22. The molecule has 20 heavy (non-hydrogen) atoms. The molecule has 0 saturated carbocycles. The Bertz CT molecular complexity index is 648. The molecule has 2 aromatic heterocycles. The Balaban J connectivity index is 1.95. The van der Waals surface area contributed by atoms with E-state index in [1.165, 1.54) is 11.3 Å². The lowest BCUT2D eigenvalue weighted by Gasteiger charge is -2.08. The molecule has 0 aliphatic rings. The maximum atomic E-state index is 12.2. The molecule has 0 bridgehead atoms. The summed E-state index contributed by atoms with van der Waals surface area (Å²) < 4.78 is 28.9. The van der Waals surface area contributed by atoms with Crippen LogP contribution in [0.2, 0.25) is 0 Å². The summed E-state index contributed by atoms with van der Waals surface area (Å²) >= 11 is 1.26. The van der Waals surface area contributed by atoms with E-state index in [0.717, 1.165) is 0 Å². The van der Waals surface area contributed by atoms with E-state index < -0.39 is 10.0 Å². The molecule has 6 nitrogen and oxygen atoms in total. The van der Waals surface area contributed by atoms with Gasteiger partial charge in [0.15, 0.2) is 0 Å². The fraction of sp³-hybridized carbons (Fsp3) is 0.417. The lowest BCUT2D eigenvalue weighted by molar-refractivity contribution is 0.282. The summed E-state index contributed by atoms with van der Waals surface area (Å²) in [6.45, 7) is 2.53. The van der Waals surface area contributed by atoms with Crippen molar-refractivity contribution in [1.82, 2.24) is 14.3 Å². The second-order valence-corrected chi connectivity index (χ2v) is 7.05. The molecule has 2 aromatic rings. The summed E-state index contributed by atoms with van der Waals surface area (Å²) in [5.74, 6) is 0. The van der Waals surface area contributed by atoms with Crippen molar-refractivity contribution in [1.29, 1.82) is 0 Å². The zero-order valence-corrected chi connectivity index (χ0v) is 12.7. The standard InChI is InChI=1S/C12H17N3O3S2/c1-10-8-19-11(7-16)12(10)20(17,18)14-3-2-5-15-6-4-13-9-15/h4,6,8-9,14,16H,2-3,5,7H2,1H3. The van der Waals surface area contributed by atoms with Gasteiger partial charge in [0.05, 0.1) is 17.8 Å². The van der Waals surface area contributed by atoms with Crippen molar-refractivity contribution in [3.05, 3.63) is 34.5 Å². The second-order valence-electron chi connectivity index (χ2n) is 4.38. The van der Waals surface area contributed by atoms with Crippen LogP contribution in [0.3, 0.4) is 0 Å².